The zero-order valence-electron chi connectivity index (χ0n) is 21.4. The van der Waals surface area contributed by atoms with Gasteiger partial charge in [-0.1, -0.05) is 12.1 Å². The summed E-state index contributed by atoms with van der Waals surface area (Å²) in [5.41, 5.74) is 2.48. The van der Waals surface area contributed by atoms with Crippen molar-refractivity contribution in [1.82, 2.24) is 0 Å². The Bertz CT molecular complexity index is 759. The van der Waals surface area contributed by atoms with Gasteiger partial charge >= 0.3 is 0 Å². The van der Waals surface area contributed by atoms with Crippen LogP contribution < -0.4 is 4.90 Å². The van der Waals surface area contributed by atoms with E-state index in [9.17, 15) is 8.42 Å². The van der Waals surface area contributed by atoms with Crippen molar-refractivity contribution >= 4 is 15.8 Å². The summed E-state index contributed by atoms with van der Waals surface area (Å²) in [7, 11) is 0.131. The molecule has 0 unspecified atom stereocenters. The summed E-state index contributed by atoms with van der Waals surface area (Å²) in [6.45, 7) is 11.8. The van der Waals surface area contributed by atoms with Gasteiger partial charge in [0.1, 0.15) is 6.54 Å². The van der Waals surface area contributed by atoms with E-state index in [4.69, 9.17) is 23.5 Å². The molecule has 1 rings (SSSR count). The van der Waals surface area contributed by atoms with E-state index >= 15 is 0 Å². The third-order valence-corrected chi connectivity index (χ3v) is 6.18. The van der Waals surface area contributed by atoms with Crippen molar-refractivity contribution in [3.63, 3.8) is 0 Å². The highest BCUT2D eigenvalue weighted by Gasteiger charge is 2.16. The predicted octanol–water partition coefficient (Wildman–Crippen LogP) is 2.24. The third kappa shape index (κ3) is 16.4. The van der Waals surface area contributed by atoms with Crippen LogP contribution in [0.15, 0.2) is 24.3 Å². The number of rotatable bonds is 21. The number of likely N-dealkylation sites (N-methyl/N-ethyl adjacent to an activating group) is 2. The normalized spacial score (nSPS) is 12.3. The molecule has 0 saturated carbocycles. The SMILES string of the molecule is CCN(CCOCCOCCOCCOCC[N+](C)(C)CCCS(=O)(=O)O)c1cccc(C)c1. The lowest BCUT2D eigenvalue weighted by Crippen LogP contribution is -2.43. The molecule has 0 atom stereocenters. The summed E-state index contributed by atoms with van der Waals surface area (Å²) in [6, 6.07) is 8.50. The Morgan fingerprint density at radius 2 is 1.44 bits per heavy atom. The Hall–Kier alpha value is -1.27. The van der Waals surface area contributed by atoms with Crippen LogP contribution in [0, 0.1) is 6.92 Å². The lowest BCUT2D eigenvalue weighted by molar-refractivity contribution is -0.890. The quantitative estimate of drug-likeness (QED) is 0.154. The first kappa shape index (κ1) is 30.8. The van der Waals surface area contributed by atoms with E-state index in [0.717, 1.165) is 19.6 Å². The highest BCUT2D eigenvalue weighted by atomic mass is 32.2. The van der Waals surface area contributed by atoms with E-state index in [1.54, 1.807) is 0 Å². The van der Waals surface area contributed by atoms with Crippen LogP contribution in [0.5, 0.6) is 0 Å². The summed E-state index contributed by atoms with van der Waals surface area (Å²) in [5.74, 6) is -0.205. The van der Waals surface area contributed by atoms with Crippen molar-refractivity contribution in [1.29, 1.82) is 0 Å². The zero-order valence-corrected chi connectivity index (χ0v) is 22.2. The molecule has 0 bridgehead atoms. The van der Waals surface area contributed by atoms with E-state index in [1.807, 2.05) is 14.1 Å². The first-order chi connectivity index (χ1) is 16.1. The predicted molar refractivity (Wildman–Crippen MR) is 135 cm³/mol. The molecule has 1 aromatic rings. The third-order valence-electron chi connectivity index (χ3n) is 5.38. The zero-order chi connectivity index (χ0) is 25.3. The van der Waals surface area contributed by atoms with Gasteiger partial charge in [-0.15, -0.1) is 0 Å². The van der Waals surface area contributed by atoms with Crippen LogP contribution in [0.25, 0.3) is 0 Å². The highest BCUT2D eigenvalue weighted by molar-refractivity contribution is 7.85. The first-order valence-electron chi connectivity index (χ1n) is 12.0. The topological polar surface area (TPSA) is 94.5 Å². The molecule has 0 radical (unpaired) electrons. The van der Waals surface area contributed by atoms with Gasteiger partial charge in [0.25, 0.3) is 10.1 Å². The molecular weight excluding hydrogens is 460 g/mol. The van der Waals surface area contributed by atoms with Crippen LogP contribution >= 0.6 is 0 Å². The Kier molecular flexibility index (Phi) is 15.6. The minimum Gasteiger partial charge on any atom is -0.377 e. The number of nitrogens with zero attached hydrogens (tertiary/aromatic N) is 2. The lowest BCUT2D eigenvalue weighted by Gasteiger charge is -2.29. The minimum absolute atomic E-state index is 0.205. The highest BCUT2D eigenvalue weighted by Crippen LogP contribution is 2.15. The number of aryl methyl sites for hydroxylation is 1. The van der Waals surface area contributed by atoms with Gasteiger partial charge in [-0.2, -0.15) is 8.42 Å². The maximum atomic E-state index is 10.8. The van der Waals surface area contributed by atoms with Crippen LogP contribution in [0.2, 0.25) is 0 Å². The fourth-order valence-electron chi connectivity index (χ4n) is 3.33. The van der Waals surface area contributed by atoms with Crippen molar-refractivity contribution in [2.24, 2.45) is 0 Å². The largest absolute Gasteiger partial charge is 0.377 e. The molecule has 0 spiro atoms. The number of benzene rings is 1. The molecule has 0 heterocycles. The summed E-state index contributed by atoms with van der Waals surface area (Å²) in [6.07, 6.45) is 0.421. The minimum atomic E-state index is -3.89. The van der Waals surface area contributed by atoms with Gasteiger partial charge in [-0.05, 0) is 31.5 Å². The molecule has 0 amide bonds. The molecule has 0 fully saturated rings. The summed E-state index contributed by atoms with van der Waals surface area (Å²) < 4.78 is 53.3. The average molecular weight is 506 g/mol. The summed E-state index contributed by atoms with van der Waals surface area (Å²) >= 11 is 0. The fourth-order valence-corrected chi connectivity index (χ4v) is 3.82. The maximum Gasteiger partial charge on any atom is 0.265 e. The molecule has 0 saturated heterocycles. The number of anilines is 1. The van der Waals surface area contributed by atoms with Gasteiger partial charge < -0.3 is 28.3 Å². The maximum absolute atomic E-state index is 10.8. The molecule has 1 aromatic carbocycles. The Morgan fingerprint density at radius 3 is 1.97 bits per heavy atom. The number of ether oxygens (including phenoxy) is 4. The van der Waals surface area contributed by atoms with Crippen LogP contribution in [0.1, 0.15) is 18.9 Å². The van der Waals surface area contributed by atoms with Crippen molar-refractivity contribution < 1.29 is 36.4 Å². The van der Waals surface area contributed by atoms with Crippen molar-refractivity contribution in [2.75, 3.05) is 104 Å². The molecule has 34 heavy (non-hydrogen) atoms. The van der Waals surface area contributed by atoms with Crippen LogP contribution in [0.3, 0.4) is 0 Å². The standard InChI is InChI=1S/C24H44N2O7S/c1-5-25(24-9-6-8-23(2)22-24)10-13-30-15-17-32-19-20-33-18-16-31-14-12-26(3,4)11-7-21-34(27,28)29/h6,8-9,22H,5,7,10-21H2,1-4H3/p+1. The molecule has 0 aliphatic carbocycles. The van der Waals surface area contributed by atoms with Crippen molar-refractivity contribution in [3.05, 3.63) is 29.8 Å². The van der Waals surface area contributed by atoms with Gasteiger partial charge in [0.15, 0.2) is 0 Å². The smallest absolute Gasteiger partial charge is 0.265 e. The molecule has 198 valence electrons. The Labute approximate surface area is 206 Å². The van der Waals surface area contributed by atoms with Crippen LogP contribution in [-0.4, -0.2) is 116 Å². The van der Waals surface area contributed by atoms with Gasteiger partial charge in [-0.25, -0.2) is 0 Å². The second-order valence-corrected chi connectivity index (χ2v) is 10.5. The molecule has 10 heteroatoms. The van der Waals surface area contributed by atoms with E-state index in [2.05, 4.69) is 43.0 Å². The van der Waals surface area contributed by atoms with Crippen LogP contribution in [-0.2, 0) is 29.1 Å². The van der Waals surface area contributed by atoms with Gasteiger partial charge in [0.05, 0.1) is 79.2 Å². The number of hydrogen-bond donors (Lipinski definition) is 1. The number of hydrogen-bond acceptors (Lipinski definition) is 7. The Morgan fingerprint density at radius 1 is 0.882 bits per heavy atom. The molecule has 1 N–H and O–H groups in total. The van der Waals surface area contributed by atoms with Gasteiger partial charge in [-0.3, -0.25) is 4.55 Å². The Balaban J connectivity index is 1.91. The fraction of sp³-hybridized carbons (Fsp3) is 0.750. The van der Waals surface area contributed by atoms with Gasteiger partial charge in [0, 0.05) is 25.2 Å². The summed E-state index contributed by atoms with van der Waals surface area (Å²) in [5, 5.41) is 0. The van der Waals surface area contributed by atoms with Gasteiger partial charge in [0.2, 0.25) is 0 Å². The van der Waals surface area contributed by atoms with Crippen molar-refractivity contribution in [2.45, 2.75) is 20.3 Å². The monoisotopic (exact) mass is 505 g/mol. The van der Waals surface area contributed by atoms with Crippen molar-refractivity contribution in [3.8, 4) is 0 Å². The second kappa shape index (κ2) is 17.2. The van der Waals surface area contributed by atoms with E-state index in [1.165, 1.54) is 11.3 Å². The average Bonchev–Trinajstić information content (AvgIpc) is 2.75. The molecule has 9 nitrogen and oxygen atoms in total. The molecular formula is C24H45N2O7S+. The second-order valence-electron chi connectivity index (χ2n) is 8.89. The van der Waals surface area contributed by atoms with Crippen LogP contribution in [0.4, 0.5) is 5.69 Å². The molecule has 0 aliphatic heterocycles. The molecule has 0 aliphatic rings. The molecule has 0 aromatic heterocycles. The summed E-state index contributed by atoms with van der Waals surface area (Å²) in [4.78, 5) is 2.30. The van der Waals surface area contributed by atoms with E-state index in [-0.39, 0.29) is 5.75 Å². The lowest BCUT2D eigenvalue weighted by atomic mass is 10.2. The van der Waals surface area contributed by atoms with E-state index < -0.39 is 10.1 Å². The first-order valence-corrected chi connectivity index (χ1v) is 13.6. The number of quaternary nitrogens is 1. The van der Waals surface area contributed by atoms with E-state index in [0.29, 0.717) is 70.3 Å².